The van der Waals surface area contributed by atoms with Gasteiger partial charge in [0.1, 0.15) is 23.6 Å². The number of rotatable bonds is 3. The van der Waals surface area contributed by atoms with Gasteiger partial charge in [0.25, 0.3) is 0 Å². The lowest BCUT2D eigenvalue weighted by Crippen LogP contribution is -2.40. The Balaban J connectivity index is 1.87. The molecule has 0 amide bonds. The molecule has 0 spiro atoms. The first-order valence-electron chi connectivity index (χ1n) is 7.65. The van der Waals surface area contributed by atoms with E-state index in [9.17, 15) is 5.26 Å². The lowest BCUT2D eigenvalue weighted by atomic mass is 10.1. The number of hydrogen-bond donors (Lipinski definition) is 1. The predicted octanol–water partition coefficient (Wildman–Crippen LogP) is 1.22. The predicted molar refractivity (Wildman–Crippen MR) is 82.9 cm³/mol. The summed E-state index contributed by atoms with van der Waals surface area (Å²) in [5.74, 6) is 2.08. The van der Waals surface area contributed by atoms with Gasteiger partial charge in [-0.15, -0.1) is 5.10 Å². The molecule has 1 aliphatic rings. The van der Waals surface area contributed by atoms with Crippen LogP contribution in [0.1, 0.15) is 41.5 Å². The van der Waals surface area contributed by atoms with E-state index in [1.54, 1.807) is 0 Å². The minimum Gasteiger partial charge on any atom is -0.366 e. The van der Waals surface area contributed by atoms with Crippen LogP contribution in [0, 0.1) is 25.2 Å². The molecule has 1 fully saturated rings. The summed E-state index contributed by atoms with van der Waals surface area (Å²) in [6.07, 6.45) is 0.556. The molecule has 1 N–H and O–H groups in total. The fraction of sp³-hybridized carbons (Fsp3) is 0.533. The van der Waals surface area contributed by atoms with Crippen molar-refractivity contribution in [2.24, 2.45) is 0 Å². The van der Waals surface area contributed by atoms with Gasteiger partial charge in [-0.25, -0.2) is 4.98 Å². The number of H-pyrrole nitrogens is 1. The molecule has 2 aromatic rings. The lowest BCUT2D eigenvalue weighted by molar-refractivity contribution is 0.0339. The van der Waals surface area contributed by atoms with E-state index in [4.69, 9.17) is 4.74 Å². The molecule has 3 rings (SSSR count). The quantitative estimate of drug-likeness (QED) is 0.908. The topological polar surface area (TPSA) is 104 Å². The van der Waals surface area contributed by atoms with Crippen molar-refractivity contribution < 1.29 is 4.74 Å². The van der Waals surface area contributed by atoms with E-state index < -0.39 is 0 Å². The second-order valence-corrected chi connectivity index (χ2v) is 5.52. The first-order valence-corrected chi connectivity index (χ1v) is 7.65. The van der Waals surface area contributed by atoms with E-state index in [-0.39, 0.29) is 6.10 Å². The molecular weight excluding hydrogens is 294 g/mol. The number of nitriles is 1. The van der Waals surface area contributed by atoms with E-state index in [0.29, 0.717) is 36.9 Å². The molecule has 0 saturated carbocycles. The zero-order chi connectivity index (χ0) is 16.4. The van der Waals surface area contributed by atoms with Gasteiger partial charge in [0.15, 0.2) is 11.6 Å². The Hall–Kier alpha value is -2.53. The number of anilines is 1. The smallest absolute Gasteiger partial charge is 0.181 e. The maximum Gasteiger partial charge on any atom is 0.181 e. The highest BCUT2D eigenvalue weighted by atomic mass is 16.5. The van der Waals surface area contributed by atoms with Crippen molar-refractivity contribution >= 4 is 5.82 Å². The SMILES string of the molecule is CCc1nc(C2CN(c3nnc(C)c(C)c3C#N)CCO2)n[nH]1. The maximum atomic E-state index is 9.47. The van der Waals surface area contributed by atoms with Crippen LogP contribution >= 0.6 is 0 Å². The van der Waals surface area contributed by atoms with E-state index in [2.05, 4.69) is 31.4 Å². The Bertz CT molecular complexity index is 749. The number of morpholine rings is 1. The Kier molecular flexibility index (Phi) is 4.21. The summed E-state index contributed by atoms with van der Waals surface area (Å²) in [5.41, 5.74) is 2.21. The number of nitrogens with zero attached hydrogens (tertiary/aromatic N) is 6. The molecule has 1 unspecified atom stereocenters. The molecule has 120 valence electrons. The molecule has 2 aromatic heterocycles. The first-order chi connectivity index (χ1) is 11.1. The van der Waals surface area contributed by atoms with E-state index in [1.807, 2.05) is 25.7 Å². The number of ether oxygens (including phenoxy) is 1. The Morgan fingerprint density at radius 3 is 2.91 bits per heavy atom. The van der Waals surface area contributed by atoms with Crippen LogP contribution in [0.3, 0.4) is 0 Å². The normalized spacial score (nSPS) is 18.0. The highest BCUT2D eigenvalue weighted by Crippen LogP contribution is 2.27. The van der Waals surface area contributed by atoms with Crippen molar-refractivity contribution in [3.8, 4) is 6.07 Å². The summed E-state index contributed by atoms with van der Waals surface area (Å²) in [7, 11) is 0. The standard InChI is InChI=1S/C15H19N7O/c1-4-13-17-14(20-19-13)12-8-22(5-6-23-12)15-11(7-16)9(2)10(3)18-21-15/h12H,4-6,8H2,1-3H3,(H,17,19,20). The molecule has 1 aliphatic heterocycles. The zero-order valence-electron chi connectivity index (χ0n) is 13.5. The van der Waals surface area contributed by atoms with Crippen LogP contribution in [-0.4, -0.2) is 45.1 Å². The van der Waals surface area contributed by atoms with E-state index in [1.165, 1.54) is 0 Å². The number of nitrogens with one attached hydrogen (secondary N) is 1. The van der Waals surface area contributed by atoms with Crippen molar-refractivity contribution in [1.82, 2.24) is 25.4 Å². The van der Waals surface area contributed by atoms with Gasteiger partial charge in [-0.05, 0) is 19.4 Å². The van der Waals surface area contributed by atoms with Crippen LogP contribution in [0.15, 0.2) is 0 Å². The maximum absolute atomic E-state index is 9.47. The summed E-state index contributed by atoms with van der Waals surface area (Å²) < 4.78 is 5.78. The van der Waals surface area contributed by atoms with Crippen molar-refractivity contribution in [3.63, 3.8) is 0 Å². The average molecular weight is 313 g/mol. The third kappa shape index (κ3) is 2.87. The van der Waals surface area contributed by atoms with E-state index >= 15 is 0 Å². The number of hydrogen-bond acceptors (Lipinski definition) is 7. The molecule has 8 heteroatoms. The molecule has 0 aromatic carbocycles. The van der Waals surface area contributed by atoms with Crippen molar-refractivity contribution in [1.29, 1.82) is 5.26 Å². The summed E-state index contributed by atoms with van der Waals surface area (Å²) >= 11 is 0. The Morgan fingerprint density at radius 2 is 2.22 bits per heavy atom. The summed E-state index contributed by atoms with van der Waals surface area (Å²) in [4.78, 5) is 6.46. The van der Waals surface area contributed by atoms with Crippen LogP contribution in [0.2, 0.25) is 0 Å². The van der Waals surface area contributed by atoms with Crippen LogP contribution in [0.25, 0.3) is 0 Å². The zero-order valence-corrected chi connectivity index (χ0v) is 13.5. The minimum atomic E-state index is -0.241. The van der Waals surface area contributed by atoms with E-state index in [0.717, 1.165) is 23.5 Å². The van der Waals surface area contributed by atoms with Gasteiger partial charge in [-0.3, -0.25) is 5.10 Å². The van der Waals surface area contributed by atoms with Gasteiger partial charge < -0.3 is 9.64 Å². The molecule has 0 aliphatic carbocycles. The molecule has 0 radical (unpaired) electrons. The van der Waals surface area contributed by atoms with Gasteiger partial charge in [-0.2, -0.15) is 15.5 Å². The molecule has 1 saturated heterocycles. The molecule has 8 nitrogen and oxygen atoms in total. The fourth-order valence-corrected chi connectivity index (χ4v) is 2.56. The van der Waals surface area contributed by atoms with Crippen molar-refractivity contribution in [3.05, 3.63) is 28.5 Å². The minimum absolute atomic E-state index is 0.241. The van der Waals surface area contributed by atoms with Crippen molar-refractivity contribution in [2.75, 3.05) is 24.6 Å². The molecule has 3 heterocycles. The second-order valence-electron chi connectivity index (χ2n) is 5.52. The lowest BCUT2D eigenvalue weighted by Gasteiger charge is -2.32. The number of aromatic nitrogens is 5. The monoisotopic (exact) mass is 313 g/mol. The third-order valence-corrected chi connectivity index (χ3v) is 4.09. The largest absolute Gasteiger partial charge is 0.366 e. The Labute approximate surface area is 134 Å². The third-order valence-electron chi connectivity index (χ3n) is 4.09. The summed E-state index contributed by atoms with van der Waals surface area (Å²) in [5, 5.41) is 25.0. The average Bonchev–Trinajstić information content (AvgIpc) is 3.06. The molecular formula is C15H19N7O. The highest BCUT2D eigenvalue weighted by molar-refractivity contribution is 5.57. The fourth-order valence-electron chi connectivity index (χ4n) is 2.56. The molecule has 1 atom stereocenters. The van der Waals surface area contributed by atoms with Crippen LogP contribution in [-0.2, 0) is 11.2 Å². The van der Waals surface area contributed by atoms with Crippen LogP contribution in [0.4, 0.5) is 5.82 Å². The summed E-state index contributed by atoms with van der Waals surface area (Å²) in [6.45, 7) is 7.50. The van der Waals surface area contributed by atoms with Gasteiger partial charge >= 0.3 is 0 Å². The van der Waals surface area contributed by atoms with Gasteiger partial charge in [0.05, 0.1) is 18.8 Å². The van der Waals surface area contributed by atoms with Crippen molar-refractivity contribution in [2.45, 2.75) is 33.3 Å². The number of aryl methyl sites for hydroxylation is 2. The Morgan fingerprint density at radius 1 is 1.39 bits per heavy atom. The summed E-state index contributed by atoms with van der Waals surface area (Å²) in [6, 6.07) is 2.25. The first kappa shape index (κ1) is 15.4. The highest BCUT2D eigenvalue weighted by Gasteiger charge is 2.28. The molecule has 0 bridgehead atoms. The van der Waals surface area contributed by atoms with Crippen LogP contribution < -0.4 is 4.90 Å². The second kappa shape index (κ2) is 6.30. The number of aromatic amines is 1. The van der Waals surface area contributed by atoms with Gasteiger partial charge in [-0.1, -0.05) is 6.92 Å². The molecule has 23 heavy (non-hydrogen) atoms. The van der Waals surface area contributed by atoms with Gasteiger partial charge in [0.2, 0.25) is 0 Å². The van der Waals surface area contributed by atoms with Gasteiger partial charge in [0, 0.05) is 13.0 Å². The van der Waals surface area contributed by atoms with Crippen LogP contribution in [0.5, 0.6) is 0 Å².